The number of hydrogen-bond acceptors (Lipinski definition) is 8. The van der Waals surface area contributed by atoms with Gasteiger partial charge in [-0.25, -0.2) is 9.97 Å². The third-order valence-corrected chi connectivity index (χ3v) is 4.86. The maximum atomic E-state index is 6.09. The molecular formula is C20H17ClN10. The van der Waals surface area contributed by atoms with E-state index in [0.717, 1.165) is 22.2 Å². The van der Waals surface area contributed by atoms with E-state index in [9.17, 15) is 0 Å². The number of H-pyrrole nitrogens is 1. The summed E-state index contributed by atoms with van der Waals surface area (Å²) in [4.78, 5) is 10.1. The van der Waals surface area contributed by atoms with E-state index in [4.69, 9.17) is 11.6 Å². The molecule has 0 radical (unpaired) electrons. The lowest BCUT2D eigenvalue weighted by atomic mass is 10.1. The second-order valence-corrected chi connectivity index (χ2v) is 7.24. The number of tetrazole rings is 1. The highest BCUT2D eigenvalue weighted by Crippen LogP contribution is 2.29. The van der Waals surface area contributed by atoms with Crippen LogP contribution in [0.4, 0.5) is 17.3 Å². The van der Waals surface area contributed by atoms with Gasteiger partial charge in [-0.05, 0) is 29.0 Å². The fraction of sp³-hybridized carbons (Fsp3) is 0.100. The Hall–Kier alpha value is -4.05. The molecule has 3 heterocycles. The van der Waals surface area contributed by atoms with Gasteiger partial charge in [0.15, 0.2) is 11.5 Å². The second-order valence-electron chi connectivity index (χ2n) is 6.81. The first-order valence-corrected chi connectivity index (χ1v) is 9.82. The van der Waals surface area contributed by atoms with Crippen LogP contribution in [0.25, 0.3) is 22.4 Å². The summed E-state index contributed by atoms with van der Waals surface area (Å²) in [6.07, 6.45) is 1.48. The van der Waals surface area contributed by atoms with E-state index >= 15 is 0 Å². The molecule has 0 atom stereocenters. The van der Waals surface area contributed by atoms with Crippen molar-refractivity contribution in [3.8, 4) is 11.4 Å². The van der Waals surface area contributed by atoms with Crippen LogP contribution in [0.15, 0.2) is 54.9 Å². The van der Waals surface area contributed by atoms with Crippen molar-refractivity contribution < 1.29 is 0 Å². The number of rotatable bonds is 6. The molecule has 0 unspecified atom stereocenters. The minimum Gasteiger partial charge on any atom is -0.364 e. The van der Waals surface area contributed by atoms with E-state index in [1.165, 1.54) is 11.1 Å². The molecule has 31 heavy (non-hydrogen) atoms. The predicted molar refractivity (Wildman–Crippen MR) is 118 cm³/mol. The van der Waals surface area contributed by atoms with E-state index in [1.807, 2.05) is 48.5 Å². The summed E-state index contributed by atoms with van der Waals surface area (Å²) in [6.45, 7) is 0.569. The van der Waals surface area contributed by atoms with Crippen molar-refractivity contribution in [3.05, 3.63) is 65.4 Å². The van der Waals surface area contributed by atoms with Crippen LogP contribution in [0, 0.1) is 0 Å². The van der Waals surface area contributed by atoms with Gasteiger partial charge in [0.1, 0.15) is 17.5 Å². The van der Waals surface area contributed by atoms with Crippen molar-refractivity contribution in [2.75, 3.05) is 10.6 Å². The molecule has 10 nitrogen and oxygen atoms in total. The number of nitrogens with zero attached hydrogens (tertiary/aromatic N) is 7. The number of benzene rings is 2. The number of aromatic nitrogens is 8. The SMILES string of the molecule is Cn1nnc(-c2ccc(CNc3n[nH]c4ncnc(Nc5cccc(Cl)c5)c34)cc2)n1. The molecule has 0 aliphatic heterocycles. The summed E-state index contributed by atoms with van der Waals surface area (Å²) in [5, 5.41) is 27.4. The molecule has 5 rings (SSSR count). The minimum absolute atomic E-state index is 0.569. The second kappa shape index (κ2) is 8.00. The number of halogens is 1. The lowest BCUT2D eigenvalue weighted by molar-refractivity contribution is 0.630. The average Bonchev–Trinajstić information content (AvgIpc) is 3.40. The monoisotopic (exact) mass is 432 g/mol. The molecule has 154 valence electrons. The molecule has 5 aromatic rings. The van der Waals surface area contributed by atoms with Crippen LogP contribution in [0.1, 0.15) is 5.56 Å². The molecule has 0 fully saturated rings. The number of fused-ring (bicyclic) bond motifs is 1. The zero-order chi connectivity index (χ0) is 21.2. The number of aromatic amines is 1. The first-order chi connectivity index (χ1) is 15.2. The van der Waals surface area contributed by atoms with Crippen LogP contribution in [-0.4, -0.2) is 40.4 Å². The van der Waals surface area contributed by atoms with E-state index in [2.05, 4.69) is 46.2 Å². The first-order valence-electron chi connectivity index (χ1n) is 9.44. The van der Waals surface area contributed by atoms with Crippen molar-refractivity contribution in [2.24, 2.45) is 7.05 Å². The topological polar surface area (TPSA) is 122 Å². The molecule has 2 aromatic carbocycles. The van der Waals surface area contributed by atoms with Crippen LogP contribution < -0.4 is 10.6 Å². The van der Waals surface area contributed by atoms with Gasteiger partial charge in [-0.3, -0.25) is 5.10 Å². The standard InChI is InChI=1S/C20H17ClN10/c1-31-29-17(28-30-31)13-7-5-12(6-8-13)10-22-19-16-18(23-11-24-20(16)27-26-19)25-15-4-2-3-14(21)9-15/h2-9,11H,10H2,1H3,(H3,22,23,24,25,26,27). The quantitative estimate of drug-likeness (QED) is 0.372. The van der Waals surface area contributed by atoms with Gasteiger partial charge in [-0.1, -0.05) is 41.9 Å². The van der Waals surface area contributed by atoms with Crippen molar-refractivity contribution in [1.82, 2.24) is 40.4 Å². The van der Waals surface area contributed by atoms with Crippen molar-refractivity contribution in [2.45, 2.75) is 6.54 Å². The summed E-state index contributed by atoms with van der Waals surface area (Å²) in [5.41, 5.74) is 3.44. The number of anilines is 3. The van der Waals surface area contributed by atoms with Gasteiger partial charge in [0.05, 0.1) is 7.05 Å². The number of aryl methyl sites for hydroxylation is 1. The molecule has 0 aliphatic carbocycles. The zero-order valence-corrected chi connectivity index (χ0v) is 17.2. The Morgan fingerprint density at radius 2 is 1.94 bits per heavy atom. The lowest BCUT2D eigenvalue weighted by Gasteiger charge is -2.09. The molecule has 0 saturated heterocycles. The fourth-order valence-electron chi connectivity index (χ4n) is 3.14. The highest BCUT2D eigenvalue weighted by atomic mass is 35.5. The number of hydrogen-bond donors (Lipinski definition) is 3. The largest absolute Gasteiger partial charge is 0.364 e. The van der Waals surface area contributed by atoms with E-state index < -0.39 is 0 Å². The summed E-state index contributed by atoms with van der Waals surface area (Å²) in [7, 11) is 1.74. The van der Waals surface area contributed by atoms with Gasteiger partial charge in [-0.2, -0.15) is 9.90 Å². The molecule has 0 amide bonds. The highest BCUT2D eigenvalue weighted by Gasteiger charge is 2.13. The normalized spacial score (nSPS) is 11.0. The van der Waals surface area contributed by atoms with Crippen molar-refractivity contribution in [1.29, 1.82) is 0 Å². The zero-order valence-electron chi connectivity index (χ0n) is 16.4. The molecule has 0 spiro atoms. The highest BCUT2D eigenvalue weighted by molar-refractivity contribution is 6.30. The fourth-order valence-corrected chi connectivity index (χ4v) is 3.33. The van der Waals surface area contributed by atoms with Gasteiger partial charge < -0.3 is 10.6 Å². The Bertz CT molecular complexity index is 1340. The third-order valence-electron chi connectivity index (χ3n) is 4.63. The van der Waals surface area contributed by atoms with Crippen LogP contribution in [-0.2, 0) is 13.6 Å². The third kappa shape index (κ3) is 4.01. The summed E-state index contributed by atoms with van der Waals surface area (Å²) in [6, 6.07) is 15.4. The molecule has 11 heteroatoms. The van der Waals surface area contributed by atoms with Gasteiger partial charge in [0, 0.05) is 22.8 Å². The van der Waals surface area contributed by atoms with Gasteiger partial charge in [0.25, 0.3) is 0 Å². The summed E-state index contributed by atoms with van der Waals surface area (Å²) >= 11 is 6.09. The Morgan fingerprint density at radius 1 is 1.06 bits per heavy atom. The van der Waals surface area contributed by atoms with Crippen molar-refractivity contribution in [3.63, 3.8) is 0 Å². The van der Waals surface area contributed by atoms with Crippen LogP contribution in [0.3, 0.4) is 0 Å². The number of nitrogens with one attached hydrogen (secondary N) is 3. The molecule has 0 saturated carbocycles. The lowest BCUT2D eigenvalue weighted by Crippen LogP contribution is -2.02. The Labute approximate surface area is 181 Å². The van der Waals surface area contributed by atoms with Crippen LogP contribution in [0.5, 0.6) is 0 Å². The maximum absolute atomic E-state index is 6.09. The smallest absolute Gasteiger partial charge is 0.204 e. The van der Waals surface area contributed by atoms with Gasteiger partial charge in [-0.15, -0.1) is 10.2 Å². The molecule has 0 aliphatic rings. The van der Waals surface area contributed by atoms with E-state index in [-0.39, 0.29) is 0 Å². The first kappa shape index (κ1) is 18.9. The predicted octanol–water partition coefficient (Wildman–Crippen LogP) is 3.55. The van der Waals surface area contributed by atoms with Crippen LogP contribution >= 0.6 is 11.6 Å². The van der Waals surface area contributed by atoms with E-state index in [1.54, 1.807) is 7.05 Å². The van der Waals surface area contributed by atoms with E-state index in [0.29, 0.717) is 34.7 Å². The molecule has 0 bridgehead atoms. The summed E-state index contributed by atoms with van der Waals surface area (Å²) in [5.74, 6) is 1.88. The van der Waals surface area contributed by atoms with Gasteiger partial charge in [0.2, 0.25) is 5.82 Å². The van der Waals surface area contributed by atoms with Crippen LogP contribution in [0.2, 0.25) is 5.02 Å². The summed E-state index contributed by atoms with van der Waals surface area (Å²) < 4.78 is 0. The maximum Gasteiger partial charge on any atom is 0.204 e. The van der Waals surface area contributed by atoms with Gasteiger partial charge >= 0.3 is 0 Å². The Balaban J connectivity index is 1.36. The minimum atomic E-state index is 0.569. The molecule has 3 aromatic heterocycles. The average molecular weight is 433 g/mol. The Morgan fingerprint density at radius 3 is 2.71 bits per heavy atom. The Kier molecular flexibility index (Phi) is 4.89. The van der Waals surface area contributed by atoms with Crippen molar-refractivity contribution >= 4 is 40.0 Å². The molecule has 3 N–H and O–H groups in total. The molecular weight excluding hydrogens is 416 g/mol.